The van der Waals surface area contributed by atoms with E-state index in [9.17, 15) is 4.39 Å². The third-order valence-corrected chi connectivity index (χ3v) is 4.39. The van der Waals surface area contributed by atoms with Crippen LogP contribution in [0.1, 0.15) is 24.1 Å². The third kappa shape index (κ3) is 4.47. The Balaban J connectivity index is 2.21. The normalized spacial score (nSPS) is 12.4. The summed E-state index contributed by atoms with van der Waals surface area (Å²) in [5.74, 6) is -0.244. The van der Waals surface area contributed by atoms with E-state index >= 15 is 0 Å². The van der Waals surface area contributed by atoms with Crippen molar-refractivity contribution in [3.05, 3.63) is 64.4 Å². The fraction of sp³-hybridized carbons (Fsp3) is 0.294. The number of halogens is 2. The van der Waals surface area contributed by atoms with Gasteiger partial charge in [0.15, 0.2) is 0 Å². The molecule has 1 nitrogen and oxygen atoms in total. The van der Waals surface area contributed by atoms with Crippen LogP contribution in [0.25, 0.3) is 0 Å². The van der Waals surface area contributed by atoms with Crippen LogP contribution < -0.4 is 5.32 Å². The van der Waals surface area contributed by atoms with E-state index < -0.39 is 0 Å². The van der Waals surface area contributed by atoms with E-state index in [1.54, 1.807) is 23.9 Å². The molecule has 4 heteroatoms. The summed E-state index contributed by atoms with van der Waals surface area (Å²) in [5, 5.41) is 3.85. The summed E-state index contributed by atoms with van der Waals surface area (Å²) in [7, 11) is 0. The van der Waals surface area contributed by atoms with Crippen molar-refractivity contribution in [3.8, 4) is 0 Å². The first-order valence-electron chi connectivity index (χ1n) is 6.95. The molecule has 0 heterocycles. The van der Waals surface area contributed by atoms with Crippen LogP contribution in [-0.4, -0.2) is 12.8 Å². The summed E-state index contributed by atoms with van der Waals surface area (Å²) < 4.78 is 14.0. The molecule has 0 spiro atoms. The van der Waals surface area contributed by atoms with Crippen molar-refractivity contribution < 1.29 is 4.39 Å². The standard InChI is InChI=1S/C17H19ClFNS/c1-3-20-17(12-5-8-15(21-2)9-6-12)10-13-4-7-14(18)11-16(13)19/h4-9,11,17,20H,3,10H2,1-2H3. The summed E-state index contributed by atoms with van der Waals surface area (Å²) in [4.78, 5) is 1.23. The Morgan fingerprint density at radius 1 is 1.19 bits per heavy atom. The first kappa shape index (κ1) is 16.3. The van der Waals surface area contributed by atoms with Gasteiger partial charge in [0.1, 0.15) is 5.82 Å². The van der Waals surface area contributed by atoms with Crippen LogP contribution >= 0.6 is 23.4 Å². The first-order valence-corrected chi connectivity index (χ1v) is 8.55. The van der Waals surface area contributed by atoms with Crippen LogP contribution in [0.5, 0.6) is 0 Å². The molecule has 0 aromatic heterocycles. The van der Waals surface area contributed by atoms with Gasteiger partial charge in [-0.3, -0.25) is 0 Å². The second-order valence-electron chi connectivity index (χ2n) is 4.82. The predicted octanol–water partition coefficient (Wildman–Crippen LogP) is 5.09. The SMILES string of the molecule is CCNC(Cc1ccc(Cl)cc1F)c1ccc(SC)cc1. The van der Waals surface area contributed by atoms with Crippen LogP contribution in [0.3, 0.4) is 0 Å². The van der Waals surface area contributed by atoms with Crippen LogP contribution in [0.15, 0.2) is 47.4 Å². The van der Waals surface area contributed by atoms with Crippen molar-refractivity contribution in [2.75, 3.05) is 12.8 Å². The summed E-state index contributed by atoms with van der Waals surface area (Å²) in [5.41, 5.74) is 1.85. The van der Waals surface area contributed by atoms with Gasteiger partial charge < -0.3 is 5.32 Å². The molecule has 112 valence electrons. The minimum atomic E-state index is -0.244. The Morgan fingerprint density at radius 2 is 1.90 bits per heavy atom. The Kier molecular flexibility index (Phi) is 6.09. The average Bonchev–Trinajstić information content (AvgIpc) is 2.49. The summed E-state index contributed by atoms with van der Waals surface area (Å²) in [6.07, 6.45) is 2.66. The third-order valence-electron chi connectivity index (χ3n) is 3.41. The summed E-state index contributed by atoms with van der Waals surface area (Å²) >= 11 is 7.52. The molecule has 0 amide bonds. The topological polar surface area (TPSA) is 12.0 Å². The highest BCUT2D eigenvalue weighted by atomic mass is 35.5. The predicted molar refractivity (Wildman–Crippen MR) is 89.8 cm³/mol. The summed E-state index contributed by atoms with van der Waals surface area (Å²) in [6, 6.07) is 13.4. The van der Waals surface area contributed by atoms with Gasteiger partial charge in [0.2, 0.25) is 0 Å². The monoisotopic (exact) mass is 323 g/mol. The molecule has 0 aliphatic carbocycles. The van der Waals surface area contributed by atoms with E-state index in [0.29, 0.717) is 17.0 Å². The fourth-order valence-corrected chi connectivity index (χ4v) is 2.86. The molecule has 0 fully saturated rings. The zero-order valence-electron chi connectivity index (χ0n) is 12.2. The van der Waals surface area contributed by atoms with Crippen LogP contribution in [0.2, 0.25) is 5.02 Å². The van der Waals surface area contributed by atoms with E-state index in [1.807, 2.05) is 0 Å². The highest BCUT2D eigenvalue weighted by Crippen LogP contribution is 2.24. The maximum Gasteiger partial charge on any atom is 0.127 e. The van der Waals surface area contributed by atoms with Gasteiger partial charge in [0.25, 0.3) is 0 Å². The van der Waals surface area contributed by atoms with E-state index in [1.165, 1.54) is 16.5 Å². The smallest absolute Gasteiger partial charge is 0.127 e. The molecule has 0 aliphatic rings. The Morgan fingerprint density at radius 3 is 2.48 bits per heavy atom. The number of benzene rings is 2. The number of nitrogens with one attached hydrogen (secondary N) is 1. The van der Waals surface area contributed by atoms with E-state index in [0.717, 1.165) is 6.54 Å². The van der Waals surface area contributed by atoms with Gasteiger partial charge in [-0.15, -0.1) is 11.8 Å². The molecule has 2 aromatic rings. The highest BCUT2D eigenvalue weighted by Gasteiger charge is 2.14. The molecule has 0 bridgehead atoms. The lowest BCUT2D eigenvalue weighted by Crippen LogP contribution is -2.23. The zero-order valence-corrected chi connectivity index (χ0v) is 13.8. The molecule has 21 heavy (non-hydrogen) atoms. The molecular weight excluding hydrogens is 305 g/mol. The number of hydrogen-bond acceptors (Lipinski definition) is 2. The largest absolute Gasteiger partial charge is 0.310 e. The molecule has 0 radical (unpaired) electrons. The van der Waals surface area contributed by atoms with E-state index in [4.69, 9.17) is 11.6 Å². The van der Waals surface area contributed by atoms with Gasteiger partial charge in [-0.1, -0.05) is 36.7 Å². The van der Waals surface area contributed by atoms with Crippen molar-refractivity contribution in [2.45, 2.75) is 24.3 Å². The van der Waals surface area contributed by atoms with Gasteiger partial charge in [-0.05, 0) is 54.6 Å². The molecule has 2 rings (SSSR count). The molecule has 0 saturated heterocycles. The molecule has 0 aliphatic heterocycles. The molecule has 1 N–H and O–H groups in total. The lowest BCUT2D eigenvalue weighted by Gasteiger charge is -2.19. The lowest BCUT2D eigenvalue weighted by atomic mass is 9.98. The van der Waals surface area contributed by atoms with Gasteiger partial charge in [-0.2, -0.15) is 0 Å². The number of thioether (sulfide) groups is 1. The van der Waals surface area contributed by atoms with Crippen molar-refractivity contribution in [2.24, 2.45) is 0 Å². The number of likely N-dealkylation sites (N-methyl/N-ethyl adjacent to an activating group) is 1. The van der Waals surface area contributed by atoms with Crippen molar-refractivity contribution in [1.82, 2.24) is 5.32 Å². The van der Waals surface area contributed by atoms with Crippen LogP contribution in [-0.2, 0) is 6.42 Å². The Bertz CT molecular complexity index is 586. The van der Waals surface area contributed by atoms with Crippen LogP contribution in [0.4, 0.5) is 4.39 Å². The highest BCUT2D eigenvalue weighted by molar-refractivity contribution is 7.98. The zero-order chi connectivity index (χ0) is 15.2. The van der Waals surface area contributed by atoms with Crippen molar-refractivity contribution in [3.63, 3.8) is 0 Å². The number of hydrogen-bond donors (Lipinski definition) is 1. The van der Waals surface area contributed by atoms with Crippen LogP contribution in [0, 0.1) is 5.82 Å². The minimum absolute atomic E-state index is 0.0987. The summed E-state index contributed by atoms with van der Waals surface area (Å²) in [6.45, 7) is 2.89. The molecular formula is C17H19ClFNS. The first-order chi connectivity index (χ1) is 10.1. The fourth-order valence-electron chi connectivity index (χ4n) is 2.30. The second-order valence-corrected chi connectivity index (χ2v) is 6.14. The quantitative estimate of drug-likeness (QED) is 0.743. The van der Waals surface area contributed by atoms with Gasteiger partial charge >= 0.3 is 0 Å². The Hall–Kier alpha value is -1.03. The number of rotatable bonds is 6. The van der Waals surface area contributed by atoms with E-state index in [2.05, 4.69) is 42.8 Å². The van der Waals surface area contributed by atoms with Crippen molar-refractivity contribution >= 4 is 23.4 Å². The maximum absolute atomic E-state index is 14.0. The maximum atomic E-state index is 14.0. The molecule has 0 saturated carbocycles. The Labute approximate surface area is 134 Å². The minimum Gasteiger partial charge on any atom is -0.310 e. The molecule has 2 aromatic carbocycles. The molecule has 1 atom stereocenters. The molecule has 1 unspecified atom stereocenters. The van der Waals surface area contributed by atoms with Gasteiger partial charge in [-0.25, -0.2) is 4.39 Å². The second kappa shape index (κ2) is 7.83. The van der Waals surface area contributed by atoms with Crippen molar-refractivity contribution in [1.29, 1.82) is 0 Å². The van der Waals surface area contributed by atoms with E-state index in [-0.39, 0.29) is 11.9 Å². The van der Waals surface area contributed by atoms with Gasteiger partial charge in [0.05, 0.1) is 0 Å². The average molecular weight is 324 g/mol. The van der Waals surface area contributed by atoms with Gasteiger partial charge in [0, 0.05) is 16.0 Å². The lowest BCUT2D eigenvalue weighted by molar-refractivity contribution is 0.528.